The summed E-state index contributed by atoms with van der Waals surface area (Å²) in [6, 6.07) is 6.85. The van der Waals surface area contributed by atoms with Gasteiger partial charge in [0.2, 0.25) is 0 Å². The topological polar surface area (TPSA) is 126 Å². The Bertz CT molecular complexity index is 1120. The largest absolute Gasteiger partial charge is 0.573 e. The van der Waals surface area contributed by atoms with Crippen LogP contribution in [-0.4, -0.2) is 49.8 Å². The molecule has 0 radical (unpaired) electrons. The first-order valence-electron chi connectivity index (χ1n) is 8.74. The third-order valence-corrected chi connectivity index (χ3v) is 3.95. The van der Waals surface area contributed by atoms with E-state index in [9.17, 15) is 18.0 Å². The number of carbonyl (C=O) groups excluding carboxylic acids is 1. The summed E-state index contributed by atoms with van der Waals surface area (Å²) < 4.78 is 42.5. The van der Waals surface area contributed by atoms with Crippen molar-refractivity contribution >= 4 is 5.91 Å². The second-order valence-electron chi connectivity index (χ2n) is 6.27. The third-order valence-electron chi connectivity index (χ3n) is 3.95. The number of nitriles is 1. The highest BCUT2D eigenvalue weighted by Gasteiger charge is 2.31. The van der Waals surface area contributed by atoms with Crippen LogP contribution in [0, 0.1) is 11.3 Å². The number of aromatic nitrogens is 4. The molecule has 9 nitrogen and oxygen atoms in total. The Balaban J connectivity index is 2.01. The Labute approximate surface area is 173 Å². The molecule has 0 aliphatic carbocycles. The number of ether oxygens (including phenoxy) is 1. The van der Waals surface area contributed by atoms with E-state index < -0.39 is 30.7 Å². The van der Waals surface area contributed by atoms with E-state index in [1.165, 1.54) is 29.1 Å². The van der Waals surface area contributed by atoms with Gasteiger partial charge >= 0.3 is 6.36 Å². The maximum absolute atomic E-state index is 12.5. The highest BCUT2D eigenvalue weighted by molar-refractivity contribution is 5.94. The number of hydrogen-bond acceptors (Lipinski definition) is 7. The lowest BCUT2D eigenvalue weighted by molar-refractivity contribution is -0.274. The van der Waals surface area contributed by atoms with Gasteiger partial charge in [-0.1, -0.05) is 0 Å². The van der Waals surface area contributed by atoms with Crippen LogP contribution in [0.4, 0.5) is 13.2 Å². The van der Waals surface area contributed by atoms with Crippen LogP contribution in [0.3, 0.4) is 0 Å². The van der Waals surface area contributed by atoms with Gasteiger partial charge in [0, 0.05) is 18.8 Å². The standard InChI is InChI=1S/C19H15F3N6O3/c1-28-9-12(8-24-28)17-26-15(6-16(27-17)18(30)25-13(7-23)10-29)11-2-4-14(5-3-11)31-19(20,21)22/h2-6,8-9,13,29H,10H2,1H3,(H,25,30). The number of rotatable bonds is 6. The summed E-state index contributed by atoms with van der Waals surface area (Å²) >= 11 is 0. The molecule has 3 aromatic rings. The molecule has 1 amide bonds. The molecule has 0 bridgehead atoms. The average Bonchev–Trinajstić information content (AvgIpc) is 3.17. The smallest absolute Gasteiger partial charge is 0.406 e. The lowest BCUT2D eigenvalue weighted by Gasteiger charge is -2.11. The van der Waals surface area contributed by atoms with Gasteiger partial charge in [-0.05, 0) is 30.3 Å². The van der Waals surface area contributed by atoms with E-state index in [-0.39, 0.29) is 17.2 Å². The minimum atomic E-state index is -4.82. The summed E-state index contributed by atoms with van der Waals surface area (Å²) in [6.07, 6.45) is -1.72. The van der Waals surface area contributed by atoms with Crippen molar-refractivity contribution in [2.24, 2.45) is 7.05 Å². The van der Waals surface area contributed by atoms with Crippen molar-refractivity contribution in [1.29, 1.82) is 5.26 Å². The molecule has 1 unspecified atom stereocenters. The molecular formula is C19H15F3N6O3. The van der Waals surface area contributed by atoms with Gasteiger partial charge in [-0.2, -0.15) is 10.4 Å². The van der Waals surface area contributed by atoms with Crippen LogP contribution >= 0.6 is 0 Å². The Kier molecular flexibility index (Phi) is 6.17. The van der Waals surface area contributed by atoms with Crippen LogP contribution in [-0.2, 0) is 7.05 Å². The number of aliphatic hydroxyl groups is 1. The normalized spacial score (nSPS) is 12.1. The number of alkyl halides is 3. The van der Waals surface area contributed by atoms with Crippen molar-refractivity contribution in [3.05, 3.63) is 48.4 Å². The van der Waals surface area contributed by atoms with Crippen LogP contribution < -0.4 is 10.1 Å². The van der Waals surface area contributed by atoms with Gasteiger partial charge in [-0.25, -0.2) is 9.97 Å². The zero-order chi connectivity index (χ0) is 22.6. The minimum Gasteiger partial charge on any atom is -0.406 e. The number of benzene rings is 1. The summed E-state index contributed by atoms with van der Waals surface area (Å²) in [5.41, 5.74) is 1.03. The van der Waals surface area contributed by atoms with Crippen molar-refractivity contribution in [2.75, 3.05) is 6.61 Å². The second kappa shape index (κ2) is 8.80. The number of aliphatic hydroxyl groups excluding tert-OH is 1. The van der Waals surface area contributed by atoms with E-state index in [0.717, 1.165) is 12.1 Å². The first kappa shape index (κ1) is 21.7. The molecule has 1 aromatic carbocycles. The van der Waals surface area contributed by atoms with Gasteiger partial charge in [0.15, 0.2) is 5.82 Å². The maximum Gasteiger partial charge on any atom is 0.573 e. The van der Waals surface area contributed by atoms with Crippen molar-refractivity contribution in [2.45, 2.75) is 12.4 Å². The van der Waals surface area contributed by atoms with E-state index in [1.54, 1.807) is 19.3 Å². The van der Waals surface area contributed by atoms with Crippen molar-refractivity contribution < 1.29 is 27.8 Å². The van der Waals surface area contributed by atoms with Crippen LogP contribution in [0.1, 0.15) is 10.5 Å². The Hall–Kier alpha value is -3.98. The number of halogens is 3. The molecule has 0 saturated heterocycles. The fraction of sp³-hybridized carbons (Fsp3) is 0.211. The van der Waals surface area contributed by atoms with Gasteiger partial charge < -0.3 is 15.2 Å². The minimum absolute atomic E-state index is 0.104. The molecule has 2 heterocycles. The fourth-order valence-corrected chi connectivity index (χ4v) is 2.56. The zero-order valence-corrected chi connectivity index (χ0v) is 16.0. The summed E-state index contributed by atoms with van der Waals surface area (Å²) in [6.45, 7) is -0.587. The molecule has 0 aliphatic rings. The molecule has 12 heteroatoms. The predicted octanol–water partition coefficient (Wildman–Crippen LogP) is 2.06. The molecule has 0 aliphatic heterocycles. The summed E-state index contributed by atoms with van der Waals surface area (Å²) in [5, 5.41) is 24.4. The fourth-order valence-electron chi connectivity index (χ4n) is 2.56. The van der Waals surface area contributed by atoms with Crippen molar-refractivity contribution in [3.63, 3.8) is 0 Å². The van der Waals surface area contributed by atoms with Crippen LogP contribution in [0.5, 0.6) is 5.75 Å². The van der Waals surface area contributed by atoms with Crippen molar-refractivity contribution in [3.8, 4) is 34.5 Å². The van der Waals surface area contributed by atoms with Crippen LogP contribution in [0.25, 0.3) is 22.6 Å². The molecule has 2 aromatic heterocycles. The van der Waals surface area contributed by atoms with Crippen molar-refractivity contribution in [1.82, 2.24) is 25.1 Å². The highest BCUT2D eigenvalue weighted by atomic mass is 19.4. The van der Waals surface area contributed by atoms with E-state index in [1.807, 2.05) is 0 Å². The first-order valence-corrected chi connectivity index (χ1v) is 8.74. The zero-order valence-electron chi connectivity index (χ0n) is 16.0. The van der Waals surface area contributed by atoms with Gasteiger partial charge in [0.1, 0.15) is 17.5 Å². The number of hydrogen-bond donors (Lipinski definition) is 2. The molecule has 0 spiro atoms. The number of carbonyl (C=O) groups is 1. The van der Waals surface area contributed by atoms with E-state index >= 15 is 0 Å². The molecule has 0 fully saturated rings. The average molecular weight is 432 g/mol. The SMILES string of the molecule is Cn1cc(-c2nc(C(=O)NC(C#N)CO)cc(-c3ccc(OC(F)(F)F)cc3)n2)cn1. The molecular weight excluding hydrogens is 417 g/mol. The molecule has 160 valence electrons. The number of amides is 1. The Morgan fingerprint density at radius 2 is 2.00 bits per heavy atom. The number of nitrogens with zero attached hydrogens (tertiary/aromatic N) is 5. The van der Waals surface area contributed by atoms with Crippen LogP contribution in [0.2, 0.25) is 0 Å². The van der Waals surface area contributed by atoms with Gasteiger partial charge in [-0.3, -0.25) is 9.48 Å². The second-order valence-corrected chi connectivity index (χ2v) is 6.27. The quantitative estimate of drug-likeness (QED) is 0.611. The van der Waals surface area contributed by atoms with E-state index in [0.29, 0.717) is 11.1 Å². The summed E-state index contributed by atoms with van der Waals surface area (Å²) in [5.74, 6) is -0.995. The Morgan fingerprint density at radius 1 is 1.29 bits per heavy atom. The molecule has 1 atom stereocenters. The molecule has 2 N–H and O–H groups in total. The maximum atomic E-state index is 12.5. The predicted molar refractivity (Wildman–Crippen MR) is 100 cm³/mol. The third kappa shape index (κ3) is 5.55. The highest BCUT2D eigenvalue weighted by Crippen LogP contribution is 2.27. The molecule has 31 heavy (non-hydrogen) atoms. The first-order chi connectivity index (χ1) is 14.7. The van der Waals surface area contributed by atoms with E-state index in [2.05, 4.69) is 25.1 Å². The van der Waals surface area contributed by atoms with Gasteiger partial charge in [0.05, 0.1) is 30.1 Å². The van der Waals surface area contributed by atoms with Crippen LogP contribution in [0.15, 0.2) is 42.7 Å². The van der Waals surface area contributed by atoms with Gasteiger partial charge in [-0.15, -0.1) is 13.2 Å². The Morgan fingerprint density at radius 3 is 2.55 bits per heavy atom. The molecule has 0 saturated carbocycles. The number of nitrogens with one attached hydrogen (secondary N) is 1. The van der Waals surface area contributed by atoms with E-state index in [4.69, 9.17) is 10.4 Å². The number of aryl methyl sites for hydroxylation is 1. The van der Waals surface area contributed by atoms with Gasteiger partial charge in [0.25, 0.3) is 5.91 Å². The summed E-state index contributed by atoms with van der Waals surface area (Å²) in [7, 11) is 1.68. The monoisotopic (exact) mass is 432 g/mol. The lowest BCUT2D eigenvalue weighted by Crippen LogP contribution is -2.36. The summed E-state index contributed by atoms with van der Waals surface area (Å²) in [4.78, 5) is 21.1. The molecule has 3 rings (SSSR count). The lowest BCUT2D eigenvalue weighted by atomic mass is 10.1.